The second-order valence-corrected chi connectivity index (χ2v) is 3.77. The van der Waals surface area contributed by atoms with E-state index in [-0.39, 0.29) is 0 Å². The van der Waals surface area contributed by atoms with Gasteiger partial charge in [-0.3, -0.25) is 0 Å². The van der Waals surface area contributed by atoms with Crippen molar-refractivity contribution in [2.75, 3.05) is 0 Å². The Bertz CT molecular complexity index is 125. The molecule has 1 radical (unpaired) electrons. The molecule has 0 amide bonds. The summed E-state index contributed by atoms with van der Waals surface area (Å²) in [6, 6.07) is 0. The van der Waals surface area contributed by atoms with E-state index in [9.17, 15) is 0 Å². The Hall–Kier alpha value is -0.440. The smallest absolute Gasteiger partial charge is 0.0189 e. The molecule has 0 saturated carbocycles. The minimum Gasteiger partial charge on any atom is -0.0860 e. The zero-order chi connectivity index (χ0) is 8.20. The molecule has 1 atom stereocenters. The lowest BCUT2D eigenvalue weighted by molar-refractivity contribution is 0.293. The largest absolute Gasteiger partial charge is 0.0860 e. The van der Waals surface area contributed by atoms with Gasteiger partial charge >= 0.3 is 0 Å². The van der Waals surface area contributed by atoms with Crippen LogP contribution in [0.5, 0.6) is 0 Å². The van der Waals surface area contributed by atoms with Crippen LogP contribution in [0, 0.1) is 23.7 Å². The van der Waals surface area contributed by atoms with Crippen LogP contribution in [-0.4, -0.2) is 0 Å². The fourth-order valence-corrected chi connectivity index (χ4v) is 1.02. The van der Waals surface area contributed by atoms with E-state index in [4.69, 9.17) is 6.42 Å². The molecule has 0 aliphatic heterocycles. The molecule has 0 N–H and O–H groups in total. The first-order valence-corrected chi connectivity index (χ1v) is 3.94. The maximum atomic E-state index is 6.91. The maximum absolute atomic E-state index is 6.91. The fourth-order valence-electron chi connectivity index (χ4n) is 1.02. The zero-order valence-electron chi connectivity index (χ0n) is 7.49. The zero-order valence-corrected chi connectivity index (χ0v) is 7.49. The predicted octanol–water partition coefficient (Wildman–Crippen LogP) is 3.04. The van der Waals surface area contributed by atoms with Crippen molar-refractivity contribution in [1.82, 2.24) is 0 Å². The van der Waals surface area contributed by atoms with Gasteiger partial charge in [-0.05, 0) is 18.3 Å². The third kappa shape index (κ3) is 3.56. The van der Waals surface area contributed by atoms with E-state index in [0.717, 1.165) is 6.42 Å². The molecule has 0 nitrogen and oxygen atoms in total. The van der Waals surface area contributed by atoms with E-state index in [1.54, 1.807) is 0 Å². The molecule has 0 aromatic carbocycles. The summed E-state index contributed by atoms with van der Waals surface area (Å²) in [7, 11) is 0. The van der Waals surface area contributed by atoms with E-state index in [1.807, 2.05) is 6.92 Å². The summed E-state index contributed by atoms with van der Waals surface area (Å²) >= 11 is 0. The highest BCUT2D eigenvalue weighted by molar-refractivity contribution is 4.87. The normalized spacial score (nSPS) is 14.3. The molecular weight excluding hydrogens is 120 g/mol. The Labute approximate surface area is 65.0 Å². The summed E-state index contributed by atoms with van der Waals surface area (Å²) in [6.45, 7) is 8.71. The first kappa shape index (κ1) is 9.56. The Morgan fingerprint density at radius 2 is 2.00 bits per heavy atom. The Morgan fingerprint density at radius 1 is 1.50 bits per heavy atom. The first-order chi connectivity index (χ1) is 4.52. The lowest BCUT2D eigenvalue weighted by Gasteiger charge is -2.23. The molecule has 0 aromatic heterocycles. The third-order valence-electron chi connectivity index (χ3n) is 2.06. The molecule has 1 unspecified atom stereocenters. The fraction of sp³-hybridized carbons (Fsp3) is 0.800. The van der Waals surface area contributed by atoms with Gasteiger partial charge in [0.05, 0.1) is 0 Å². The highest BCUT2D eigenvalue weighted by Crippen LogP contribution is 2.28. The molecule has 57 valence electrons. The van der Waals surface area contributed by atoms with Crippen molar-refractivity contribution in [3.05, 3.63) is 6.42 Å². The van der Waals surface area contributed by atoms with Crippen LogP contribution in [0.15, 0.2) is 0 Å². The Morgan fingerprint density at radius 3 is 2.30 bits per heavy atom. The van der Waals surface area contributed by atoms with E-state index in [1.165, 1.54) is 6.42 Å². The molecule has 0 aromatic rings. The Balaban J connectivity index is 3.79. The van der Waals surface area contributed by atoms with E-state index in [0.29, 0.717) is 11.3 Å². The van der Waals surface area contributed by atoms with Crippen molar-refractivity contribution < 1.29 is 0 Å². The van der Waals surface area contributed by atoms with Gasteiger partial charge in [0.1, 0.15) is 0 Å². The third-order valence-corrected chi connectivity index (χ3v) is 2.06. The second kappa shape index (κ2) is 3.66. The van der Waals surface area contributed by atoms with Gasteiger partial charge in [-0.15, -0.1) is 0 Å². The predicted molar refractivity (Wildman–Crippen MR) is 45.0 cm³/mol. The summed E-state index contributed by atoms with van der Waals surface area (Å²) in [5.74, 6) is 2.82. The molecule has 0 aliphatic rings. The van der Waals surface area contributed by atoms with Gasteiger partial charge < -0.3 is 0 Å². The lowest BCUT2D eigenvalue weighted by atomic mass is 9.81. The van der Waals surface area contributed by atoms with Crippen LogP contribution in [0.2, 0.25) is 0 Å². The van der Waals surface area contributed by atoms with Gasteiger partial charge in [0.2, 0.25) is 0 Å². The summed E-state index contributed by atoms with van der Waals surface area (Å²) in [4.78, 5) is 0. The van der Waals surface area contributed by atoms with Crippen LogP contribution in [0.3, 0.4) is 0 Å². The number of hydrogen-bond acceptors (Lipinski definition) is 0. The molecule has 0 rings (SSSR count). The highest BCUT2D eigenvalue weighted by Gasteiger charge is 2.17. The van der Waals surface area contributed by atoms with E-state index >= 15 is 0 Å². The molecule has 0 saturated heterocycles. The van der Waals surface area contributed by atoms with Crippen LogP contribution in [0.1, 0.15) is 40.5 Å². The van der Waals surface area contributed by atoms with Gasteiger partial charge in [-0.1, -0.05) is 40.0 Å². The van der Waals surface area contributed by atoms with Crippen LogP contribution in [0.25, 0.3) is 0 Å². The molecule has 0 heteroatoms. The molecule has 10 heavy (non-hydrogen) atoms. The molecule has 0 aliphatic carbocycles. The van der Waals surface area contributed by atoms with Gasteiger partial charge in [-0.2, -0.15) is 0 Å². The minimum atomic E-state index is 0.315. The van der Waals surface area contributed by atoms with Gasteiger partial charge in [0.15, 0.2) is 0 Å². The van der Waals surface area contributed by atoms with Crippen molar-refractivity contribution >= 4 is 0 Å². The average molecular weight is 137 g/mol. The molecular formula is C10H17. The summed E-state index contributed by atoms with van der Waals surface area (Å²) in [5.41, 5.74) is 0.382. The summed E-state index contributed by atoms with van der Waals surface area (Å²) in [6.07, 6.45) is 9.17. The van der Waals surface area contributed by atoms with Crippen molar-refractivity contribution in [1.29, 1.82) is 0 Å². The van der Waals surface area contributed by atoms with Crippen molar-refractivity contribution in [2.45, 2.75) is 40.5 Å². The first-order valence-electron chi connectivity index (χ1n) is 3.94. The van der Waals surface area contributed by atoms with Gasteiger partial charge in [0, 0.05) is 5.92 Å². The van der Waals surface area contributed by atoms with Crippen molar-refractivity contribution in [3.8, 4) is 5.92 Å². The monoisotopic (exact) mass is 137 g/mol. The standard InChI is InChI=1S/C10H17/c1-6-9(3)8-10(4,5)7-2/h9H,7-8H2,2-5H3. The van der Waals surface area contributed by atoms with Crippen LogP contribution < -0.4 is 0 Å². The van der Waals surface area contributed by atoms with Gasteiger partial charge in [0.25, 0.3) is 0 Å². The molecule has 0 spiro atoms. The summed E-state index contributed by atoms with van der Waals surface area (Å²) in [5, 5.41) is 0. The van der Waals surface area contributed by atoms with Gasteiger partial charge in [-0.25, -0.2) is 0 Å². The molecule has 0 heterocycles. The molecule has 0 fully saturated rings. The second-order valence-electron chi connectivity index (χ2n) is 3.77. The lowest BCUT2D eigenvalue weighted by Crippen LogP contribution is -2.13. The summed E-state index contributed by atoms with van der Waals surface area (Å²) < 4.78 is 0. The maximum Gasteiger partial charge on any atom is 0.0189 e. The Kier molecular flexibility index (Phi) is 3.50. The van der Waals surface area contributed by atoms with E-state index in [2.05, 4.69) is 26.7 Å². The SMILES string of the molecule is [C]#CC(C)CC(C)(C)CC. The van der Waals surface area contributed by atoms with Crippen LogP contribution in [0.4, 0.5) is 0 Å². The highest BCUT2D eigenvalue weighted by atomic mass is 14.2. The van der Waals surface area contributed by atoms with Crippen molar-refractivity contribution in [3.63, 3.8) is 0 Å². The minimum absolute atomic E-state index is 0.315. The van der Waals surface area contributed by atoms with Crippen molar-refractivity contribution in [2.24, 2.45) is 11.3 Å². The molecule has 0 bridgehead atoms. The average Bonchev–Trinajstić information content (AvgIpc) is 1.87. The van der Waals surface area contributed by atoms with E-state index < -0.39 is 0 Å². The number of hydrogen-bond donors (Lipinski definition) is 0. The van der Waals surface area contributed by atoms with Crippen LogP contribution in [-0.2, 0) is 0 Å². The number of rotatable bonds is 3. The topological polar surface area (TPSA) is 0 Å². The van der Waals surface area contributed by atoms with Crippen LogP contribution >= 0.6 is 0 Å². The quantitative estimate of drug-likeness (QED) is 0.524.